The highest BCUT2D eigenvalue weighted by atomic mass is 16.5. The molecule has 5 nitrogen and oxygen atoms in total. The van der Waals surface area contributed by atoms with Gasteiger partial charge in [0.2, 0.25) is 5.78 Å². The van der Waals surface area contributed by atoms with Gasteiger partial charge in [0.1, 0.15) is 23.0 Å². The number of aryl methyl sites for hydroxylation is 1. The Labute approximate surface area is 135 Å². The summed E-state index contributed by atoms with van der Waals surface area (Å²) in [4.78, 5) is 13.0. The lowest BCUT2D eigenvalue weighted by Gasteiger charge is -2.14. The van der Waals surface area contributed by atoms with E-state index in [0.717, 1.165) is 5.56 Å². The number of carbonyl (C=O) groups is 1. The molecule has 2 aromatic rings. The van der Waals surface area contributed by atoms with Crippen molar-refractivity contribution in [1.29, 1.82) is 0 Å². The maximum Gasteiger partial charge on any atom is 0.200 e. The number of hydrogen-bond donors (Lipinski definition) is 0. The molecule has 0 bridgehead atoms. The Morgan fingerprint density at radius 3 is 1.91 bits per heavy atom. The molecule has 0 aromatic heterocycles. The van der Waals surface area contributed by atoms with E-state index in [1.54, 1.807) is 44.6 Å². The van der Waals surface area contributed by atoms with Crippen LogP contribution in [0, 0.1) is 6.92 Å². The van der Waals surface area contributed by atoms with Gasteiger partial charge in [0.25, 0.3) is 0 Å². The summed E-state index contributed by atoms with van der Waals surface area (Å²) in [6, 6.07) is 8.55. The van der Waals surface area contributed by atoms with Crippen molar-refractivity contribution in [3.63, 3.8) is 0 Å². The number of ether oxygens (including phenoxy) is 4. The number of methoxy groups -OCH3 is 4. The van der Waals surface area contributed by atoms with Gasteiger partial charge in [0, 0.05) is 6.07 Å². The van der Waals surface area contributed by atoms with Crippen LogP contribution in [0.4, 0.5) is 0 Å². The molecule has 0 heterocycles. The zero-order valence-electron chi connectivity index (χ0n) is 13.9. The number of benzene rings is 2. The maximum absolute atomic E-state index is 13.0. The summed E-state index contributed by atoms with van der Waals surface area (Å²) >= 11 is 0. The molecule has 0 saturated heterocycles. The van der Waals surface area contributed by atoms with Gasteiger partial charge in [-0.25, -0.2) is 0 Å². The van der Waals surface area contributed by atoms with Crippen molar-refractivity contribution in [2.45, 2.75) is 6.92 Å². The highest BCUT2D eigenvalue weighted by Crippen LogP contribution is 2.33. The highest BCUT2D eigenvalue weighted by molar-refractivity contribution is 6.12. The second kappa shape index (κ2) is 7.05. The van der Waals surface area contributed by atoms with Crippen LogP contribution in [0.2, 0.25) is 0 Å². The lowest BCUT2D eigenvalue weighted by Crippen LogP contribution is -2.07. The quantitative estimate of drug-likeness (QED) is 0.766. The molecule has 0 aliphatic rings. The van der Waals surface area contributed by atoms with Crippen LogP contribution >= 0.6 is 0 Å². The van der Waals surface area contributed by atoms with Crippen LogP contribution < -0.4 is 18.9 Å². The summed E-state index contributed by atoms with van der Waals surface area (Å²) in [5, 5.41) is 0. The van der Waals surface area contributed by atoms with Gasteiger partial charge in [-0.15, -0.1) is 0 Å². The van der Waals surface area contributed by atoms with Crippen LogP contribution in [0.15, 0.2) is 30.3 Å². The summed E-state index contributed by atoms with van der Waals surface area (Å²) in [6.07, 6.45) is 0. The first-order valence-electron chi connectivity index (χ1n) is 7.05. The van der Waals surface area contributed by atoms with Gasteiger partial charge in [-0.3, -0.25) is 4.79 Å². The van der Waals surface area contributed by atoms with Crippen LogP contribution in [0.5, 0.6) is 23.0 Å². The third-order valence-corrected chi connectivity index (χ3v) is 3.61. The Hall–Kier alpha value is -2.69. The van der Waals surface area contributed by atoms with E-state index < -0.39 is 0 Å². The van der Waals surface area contributed by atoms with E-state index in [4.69, 9.17) is 18.9 Å². The minimum atomic E-state index is -0.205. The van der Waals surface area contributed by atoms with Gasteiger partial charge in [-0.2, -0.15) is 0 Å². The molecular weight excluding hydrogens is 296 g/mol. The Bertz CT molecular complexity index is 722. The standard InChI is InChI=1S/C18H20O5/c1-11-8-13(17(23-5)10-16(11)22-4)18(19)14-9-12(20-2)6-7-15(14)21-3/h6-10H,1-5H3. The predicted molar refractivity (Wildman–Crippen MR) is 87.3 cm³/mol. The molecular formula is C18H20O5. The first kappa shape index (κ1) is 16.7. The minimum Gasteiger partial charge on any atom is -0.497 e. The van der Waals surface area contributed by atoms with Gasteiger partial charge in [0.05, 0.1) is 39.6 Å². The van der Waals surface area contributed by atoms with Gasteiger partial charge in [-0.1, -0.05) is 0 Å². The van der Waals surface area contributed by atoms with E-state index in [1.165, 1.54) is 14.2 Å². The van der Waals surface area contributed by atoms with Crippen molar-refractivity contribution in [1.82, 2.24) is 0 Å². The summed E-state index contributed by atoms with van der Waals surface area (Å²) < 4.78 is 21.1. The lowest BCUT2D eigenvalue weighted by atomic mass is 9.99. The molecule has 0 unspecified atom stereocenters. The van der Waals surface area contributed by atoms with Crippen molar-refractivity contribution in [3.8, 4) is 23.0 Å². The topological polar surface area (TPSA) is 54.0 Å². The van der Waals surface area contributed by atoms with Gasteiger partial charge >= 0.3 is 0 Å². The number of carbonyl (C=O) groups excluding carboxylic acids is 1. The molecule has 0 amide bonds. The molecule has 0 fully saturated rings. The van der Waals surface area contributed by atoms with E-state index in [-0.39, 0.29) is 5.78 Å². The molecule has 0 spiro atoms. The third kappa shape index (κ3) is 3.23. The summed E-state index contributed by atoms with van der Waals surface area (Å²) in [5.41, 5.74) is 1.70. The fraction of sp³-hybridized carbons (Fsp3) is 0.278. The monoisotopic (exact) mass is 316 g/mol. The van der Waals surface area contributed by atoms with Crippen LogP contribution in [0.3, 0.4) is 0 Å². The molecule has 0 N–H and O–H groups in total. The second-order valence-corrected chi connectivity index (χ2v) is 4.92. The number of hydrogen-bond acceptors (Lipinski definition) is 5. The molecule has 0 saturated carbocycles. The molecule has 23 heavy (non-hydrogen) atoms. The Morgan fingerprint density at radius 2 is 1.35 bits per heavy atom. The Morgan fingerprint density at radius 1 is 0.739 bits per heavy atom. The van der Waals surface area contributed by atoms with Crippen LogP contribution in [0.25, 0.3) is 0 Å². The van der Waals surface area contributed by atoms with Crippen molar-refractivity contribution in [2.24, 2.45) is 0 Å². The zero-order chi connectivity index (χ0) is 17.0. The predicted octanol–water partition coefficient (Wildman–Crippen LogP) is 3.26. The molecule has 2 rings (SSSR count). The largest absolute Gasteiger partial charge is 0.497 e. The molecule has 0 radical (unpaired) electrons. The zero-order valence-corrected chi connectivity index (χ0v) is 13.9. The van der Waals surface area contributed by atoms with E-state index in [9.17, 15) is 4.79 Å². The van der Waals surface area contributed by atoms with Gasteiger partial charge < -0.3 is 18.9 Å². The fourth-order valence-electron chi connectivity index (χ4n) is 2.37. The van der Waals surface area contributed by atoms with Crippen molar-refractivity contribution in [2.75, 3.05) is 28.4 Å². The summed E-state index contributed by atoms with van der Waals surface area (Å²) in [6.45, 7) is 1.87. The molecule has 0 aliphatic heterocycles. The second-order valence-electron chi connectivity index (χ2n) is 4.92. The van der Waals surface area contributed by atoms with Crippen molar-refractivity contribution >= 4 is 5.78 Å². The Balaban J connectivity index is 2.58. The molecule has 0 aliphatic carbocycles. The normalized spacial score (nSPS) is 10.1. The highest BCUT2D eigenvalue weighted by Gasteiger charge is 2.21. The lowest BCUT2D eigenvalue weighted by molar-refractivity contribution is 0.103. The van der Waals surface area contributed by atoms with Crippen LogP contribution in [0.1, 0.15) is 21.5 Å². The first-order valence-corrected chi connectivity index (χ1v) is 7.05. The Kier molecular flexibility index (Phi) is 5.11. The van der Waals surface area contributed by atoms with Crippen LogP contribution in [-0.4, -0.2) is 34.2 Å². The summed E-state index contributed by atoms with van der Waals surface area (Å²) in [7, 11) is 6.17. The van der Waals surface area contributed by atoms with Gasteiger partial charge in [0.15, 0.2) is 0 Å². The van der Waals surface area contributed by atoms with Crippen molar-refractivity contribution in [3.05, 3.63) is 47.0 Å². The van der Waals surface area contributed by atoms with E-state index in [1.807, 2.05) is 6.92 Å². The molecule has 0 atom stereocenters. The minimum absolute atomic E-state index is 0.205. The van der Waals surface area contributed by atoms with E-state index in [2.05, 4.69) is 0 Å². The third-order valence-electron chi connectivity index (χ3n) is 3.61. The van der Waals surface area contributed by atoms with Crippen LogP contribution in [-0.2, 0) is 0 Å². The average Bonchev–Trinajstić information content (AvgIpc) is 2.60. The SMILES string of the molecule is COc1ccc(OC)c(C(=O)c2cc(C)c(OC)cc2OC)c1. The maximum atomic E-state index is 13.0. The molecule has 122 valence electrons. The van der Waals surface area contributed by atoms with E-state index in [0.29, 0.717) is 34.1 Å². The summed E-state index contributed by atoms with van der Waals surface area (Å²) in [5.74, 6) is 1.96. The smallest absolute Gasteiger partial charge is 0.200 e. The molecule has 2 aromatic carbocycles. The average molecular weight is 316 g/mol. The van der Waals surface area contributed by atoms with Crippen molar-refractivity contribution < 1.29 is 23.7 Å². The van der Waals surface area contributed by atoms with E-state index >= 15 is 0 Å². The number of rotatable bonds is 6. The molecule has 5 heteroatoms. The van der Waals surface area contributed by atoms with Gasteiger partial charge in [-0.05, 0) is 36.8 Å². The first-order chi connectivity index (χ1) is 11.0. The fourth-order valence-corrected chi connectivity index (χ4v) is 2.37. The number of ketones is 1.